The predicted octanol–water partition coefficient (Wildman–Crippen LogP) is 1.71. The summed E-state index contributed by atoms with van der Waals surface area (Å²) in [6.07, 6.45) is 0. The van der Waals surface area contributed by atoms with Gasteiger partial charge in [0.2, 0.25) is 0 Å². The third kappa shape index (κ3) is 1.66. The molecule has 4 nitrogen and oxygen atoms in total. The Bertz CT molecular complexity index is 601. The summed E-state index contributed by atoms with van der Waals surface area (Å²) in [5.74, 6) is -0.543. The number of alkyl halides is 1. The number of halogens is 1. The van der Waals surface area contributed by atoms with E-state index in [0.717, 1.165) is 0 Å². The molecular formula is C10H7BrN2O2S. The summed E-state index contributed by atoms with van der Waals surface area (Å²) in [6.45, 7) is 0. The average molecular weight is 299 g/mol. The van der Waals surface area contributed by atoms with E-state index in [0.29, 0.717) is 16.6 Å². The molecule has 1 aromatic carbocycles. The zero-order valence-electron chi connectivity index (χ0n) is 8.09. The number of hydrogen-bond donors (Lipinski definition) is 0. The molecule has 0 fully saturated rings. The van der Waals surface area contributed by atoms with Crippen LogP contribution in [0.25, 0.3) is 0 Å². The molecular weight excluding hydrogens is 292 g/mol. The lowest BCUT2D eigenvalue weighted by molar-refractivity contribution is 0.599. The molecule has 0 saturated carbocycles. The zero-order valence-corrected chi connectivity index (χ0v) is 10.5. The molecule has 1 atom stereocenters. The first-order valence-corrected chi connectivity index (χ1v) is 7.06. The highest BCUT2D eigenvalue weighted by molar-refractivity contribution is 9.09. The second kappa shape index (κ2) is 4.00. The SMILES string of the molecule is N#CC(CBr)C1=NS(=O)(=O)c2ccccc21. The van der Waals surface area contributed by atoms with E-state index in [9.17, 15) is 8.42 Å². The molecule has 2 rings (SSSR count). The number of hydrogen-bond acceptors (Lipinski definition) is 3. The van der Waals surface area contributed by atoms with E-state index in [4.69, 9.17) is 5.26 Å². The first kappa shape index (κ1) is 11.3. The van der Waals surface area contributed by atoms with Crippen LogP contribution in [0.4, 0.5) is 0 Å². The van der Waals surface area contributed by atoms with E-state index in [2.05, 4.69) is 20.3 Å². The Morgan fingerprint density at radius 1 is 1.44 bits per heavy atom. The van der Waals surface area contributed by atoms with Crippen molar-refractivity contribution in [1.82, 2.24) is 0 Å². The Balaban J connectivity index is 2.65. The summed E-state index contributed by atoms with van der Waals surface area (Å²) in [6, 6.07) is 8.58. The van der Waals surface area contributed by atoms with Crippen molar-refractivity contribution in [3.05, 3.63) is 29.8 Å². The standard InChI is InChI=1S/C10H7BrN2O2S/c11-5-7(6-12)10-8-3-1-2-4-9(8)16(14,15)13-10/h1-4,7H,5H2. The van der Waals surface area contributed by atoms with Crippen LogP contribution in [0, 0.1) is 17.2 Å². The Morgan fingerprint density at radius 2 is 2.12 bits per heavy atom. The number of rotatable bonds is 2. The topological polar surface area (TPSA) is 70.3 Å². The molecule has 0 radical (unpaired) electrons. The summed E-state index contributed by atoms with van der Waals surface area (Å²) in [4.78, 5) is 0.186. The Labute approximate surface area is 102 Å². The molecule has 0 bridgehead atoms. The number of benzene rings is 1. The number of nitriles is 1. The summed E-state index contributed by atoms with van der Waals surface area (Å²) < 4.78 is 27.0. The minimum atomic E-state index is -3.60. The lowest BCUT2D eigenvalue weighted by Crippen LogP contribution is -2.13. The van der Waals surface area contributed by atoms with Crippen LogP contribution in [0.1, 0.15) is 5.56 Å². The van der Waals surface area contributed by atoms with Crippen molar-refractivity contribution in [2.75, 3.05) is 5.33 Å². The molecule has 1 aromatic rings. The number of fused-ring (bicyclic) bond motifs is 1. The van der Waals surface area contributed by atoms with Crippen molar-refractivity contribution in [3.63, 3.8) is 0 Å². The monoisotopic (exact) mass is 298 g/mol. The van der Waals surface area contributed by atoms with E-state index >= 15 is 0 Å². The Hall–Kier alpha value is -1.19. The third-order valence-electron chi connectivity index (χ3n) is 2.30. The molecule has 0 aliphatic carbocycles. The van der Waals surface area contributed by atoms with Gasteiger partial charge in [0.05, 0.1) is 22.6 Å². The summed E-state index contributed by atoms with van der Waals surface area (Å²) in [5.41, 5.74) is 0.864. The zero-order chi connectivity index (χ0) is 11.8. The number of sulfonamides is 1. The fraction of sp³-hybridized carbons (Fsp3) is 0.200. The quantitative estimate of drug-likeness (QED) is 0.781. The fourth-order valence-corrected chi connectivity index (χ4v) is 3.29. The van der Waals surface area contributed by atoms with Crippen molar-refractivity contribution in [3.8, 4) is 6.07 Å². The Morgan fingerprint density at radius 3 is 2.75 bits per heavy atom. The van der Waals surface area contributed by atoms with Gasteiger partial charge in [-0.1, -0.05) is 34.1 Å². The molecule has 6 heteroatoms. The van der Waals surface area contributed by atoms with Crippen LogP contribution in [0.5, 0.6) is 0 Å². The van der Waals surface area contributed by atoms with Crippen molar-refractivity contribution < 1.29 is 8.42 Å². The van der Waals surface area contributed by atoms with E-state index in [1.54, 1.807) is 18.2 Å². The van der Waals surface area contributed by atoms with Gasteiger partial charge in [0.15, 0.2) is 0 Å². The van der Waals surface area contributed by atoms with E-state index in [-0.39, 0.29) is 4.90 Å². The molecule has 0 saturated heterocycles. The van der Waals surface area contributed by atoms with Crippen molar-refractivity contribution in [1.29, 1.82) is 5.26 Å². The first-order valence-electron chi connectivity index (χ1n) is 4.50. The van der Waals surface area contributed by atoms with Crippen molar-refractivity contribution in [2.24, 2.45) is 10.3 Å². The van der Waals surface area contributed by atoms with Crippen LogP contribution < -0.4 is 0 Å². The molecule has 16 heavy (non-hydrogen) atoms. The van der Waals surface area contributed by atoms with Crippen LogP contribution in [-0.2, 0) is 10.0 Å². The smallest absolute Gasteiger partial charge is 0.199 e. The Kier molecular flexibility index (Phi) is 2.82. The van der Waals surface area contributed by atoms with Gasteiger partial charge < -0.3 is 0 Å². The molecule has 1 aliphatic rings. The maximum Gasteiger partial charge on any atom is 0.283 e. The van der Waals surface area contributed by atoms with Crippen LogP contribution in [0.15, 0.2) is 33.6 Å². The first-order chi connectivity index (χ1) is 7.60. The molecule has 0 amide bonds. The fourth-order valence-electron chi connectivity index (χ4n) is 1.55. The van der Waals surface area contributed by atoms with Crippen molar-refractivity contribution >= 4 is 31.7 Å². The molecule has 1 heterocycles. The van der Waals surface area contributed by atoms with Crippen molar-refractivity contribution in [2.45, 2.75) is 4.90 Å². The van der Waals surface area contributed by atoms with Gasteiger partial charge in [0.25, 0.3) is 10.0 Å². The molecule has 0 N–H and O–H groups in total. The van der Waals surface area contributed by atoms with Gasteiger partial charge in [-0.25, -0.2) is 0 Å². The molecule has 1 unspecified atom stereocenters. The maximum absolute atomic E-state index is 11.7. The van der Waals surface area contributed by atoms with E-state index in [1.165, 1.54) is 6.07 Å². The lowest BCUT2D eigenvalue weighted by Gasteiger charge is -2.04. The summed E-state index contributed by atoms with van der Waals surface area (Å²) >= 11 is 3.18. The van der Waals surface area contributed by atoms with Gasteiger partial charge in [-0.3, -0.25) is 0 Å². The minimum absolute atomic E-state index is 0.186. The van der Waals surface area contributed by atoms with Gasteiger partial charge in [-0.15, -0.1) is 0 Å². The molecule has 0 aromatic heterocycles. The second-order valence-corrected chi connectivity index (χ2v) is 5.50. The summed E-state index contributed by atoms with van der Waals surface area (Å²) in [5, 5.41) is 9.29. The lowest BCUT2D eigenvalue weighted by atomic mass is 10.00. The second-order valence-electron chi connectivity index (χ2n) is 3.28. The normalized spacial score (nSPS) is 18.4. The van der Waals surface area contributed by atoms with Crippen LogP contribution in [0.3, 0.4) is 0 Å². The van der Waals surface area contributed by atoms with Gasteiger partial charge in [-0.2, -0.15) is 18.1 Å². The molecule has 1 aliphatic heterocycles. The molecule has 0 spiro atoms. The highest BCUT2D eigenvalue weighted by atomic mass is 79.9. The highest BCUT2D eigenvalue weighted by Gasteiger charge is 2.32. The minimum Gasteiger partial charge on any atom is -0.199 e. The van der Waals surface area contributed by atoms with Crippen LogP contribution in [0.2, 0.25) is 0 Å². The third-order valence-corrected chi connectivity index (χ3v) is 4.30. The largest absolute Gasteiger partial charge is 0.283 e. The average Bonchev–Trinajstić information content (AvgIpc) is 2.54. The van der Waals surface area contributed by atoms with Crippen LogP contribution >= 0.6 is 15.9 Å². The van der Waals surface area contributed by atoms with Gasteiger partial charge in [0.1, 0.15) is 0 Å². The van der Waals surface area contributed by atoms with E-state index in [1.807, 2.05) is 6.07 Å². The number of nitrogens with zero attached hydrogens (tertiary/aromatic N) is 2. The van der Waals surface area contributed by atoms with Gasteiger partial charge in [0, 0.05) is 10.9 Å². The van der Waals surface area contributed by atoms with Crippen LogP contribution in [-0.4, -0.2) is 19.5 Å². The van der Waals surface area contributed by atoms with E-state index < -0.39 is 15.9 Å². The van der Waals surface area contributed by atoms with Gasteiger partial charge >= 0.3 is 0 Å². The predicted molar refractivity (Wildman–Crippen MR) is 63.1 cm³/mol. The van der Waals surface area contributed by atoms with Gasteiger partial charge in [-0.05, 0) is 6.07 Å². The summed E-state index contributed by atoms with van der Waals surface area (Å²) in [7, 11) is -3.60. The maximum atomic E-state index is 11.7. The molecule has 82 valence electrons. The highest BCUT2D eigenvalue weighted by Crippen LogP contribution is 2.29.